The summed E-state index contributed by atoms with van der Waals surface area (Å²) in [5.74, 6) is 1.45. The molecule has 6 heteroatoms. The topological polar surface area (TPSA) is 51.7 Å². The van der Waals surface area contributed by atoms with Gasteiger partial charge < -0.3 is 14.1 Å². The Bertz CT molecular complexity index is 873. The van der Waals surface area contributed by atoms with Gasteiger partial charge in [-0.1, -0.05) is 44.5 Å². The third-order valence-electron chi connectivity index (χ3n) is 6.37. The van der Waals surface area contributed by atoms with Crippen LogP contribution in [0.15, 0.2) is 42.6 Å². The summed E-state index contributed by atoms with van der Waals surface area (Å²) >= 11 is 0. The SMILES string of the molecule is Cc1ccc(Oc2ccc(CN3C(=O)C[C@H](O[Si](C)(C)C(C)(C)C)[C@@H]3C)cn2)cc1. The minimum absolute atomic E-state index is 0.0458. The van der Waals surface area contributed by atoms with Gasteiger partial charge in [-0.15, -0.1) is 0 Å². The molecule has 1 saturated heterocycles. The molecule has 1 fully saturated rings. The summed E-state index contributed by atoms with van der Waals surface area (Å²) in [6.45, 7) is 15.8. The molecule has 2 atom stereocenters. The predicted molar refractivity (Wildman–Crippen MR) is 122 cm³/mol. The Morgan fingerprint density at radius 1 is 1.13 bits per heavy atom. The molecule has 0 bridgehead atoms. The van der Waals surface area contributed by atoms with E-state index in [1.807, 2.05) is 48.2 Å². The molecule has 0 unspecified atom stereocenters. The number of amides is 1. The Kier molecular flexibility index (Phi) is 6.39. The maximum absolute atomic E-state index is 12.7. The van der Waals surface area contributed by atoms with Crippen molar-refractivity contribution in [2.75, 3.05) is 0 Å². The maximum Gasteiger partial charge on any atom is 0.225 e. The van der Waals surface area contributed by atoms with Gasteiger partial charge in [0.15, 0.2) is 8.32 Å². The molecule has 2 heterocycles. The van der Waals surface area contributed by atoms with Crippen LogP contribution in [0.25, 0.3) is 0 Å². The zero-order valence-corrected chi connectivity index (χ0v) is 20.2. The predicted octanol–water partition coefficient (Wildman–Crippen LogP) is 5.69. The van der Waals surface area contributed by atoms with Gasteiger partial charge in [-0.25, -0.2) is 4.98 Å². The minimum atomic E-state index is -1.92. The Balaban J connectivity index is 1.63. The van der Waals surface area contributed by atoms with Gasteiger partial charge in [-0.3, -0.25) is 4.79 Å². The number of carbonyl (C=O) groups excluding carboxylic acids is 1. The lowest BCUT2D eigenvalue weighted by molar-refractivity contribution is -0.129. The molecule has 0 aliphatic carbocycles. The fourth-order valence-corrected chi connectivity index (χ4v) is 4.69. The summed E-state index contributed by atoms with van der Waals surface area (Å²) in [5.41, 5.74) is 2.17. The van der Waals surface area contributed by atoms with Gasteiger partial charge in [0.05, 0.1) is 18.6 Å². The first kappa shape index (κ1) is 22.5. The zero-order chi connectivity index (χ0) is 22.1. The molecule has 162 valence electrons. The van der Waals surface area contributed by atoms with Crippen LogP contribution in [-0.2, 0) is 15.8 Å². The highest BCUT2D eigenvalue weighted by Gasteiger charge is 2.45. The molecular formula is C24H34N2O3Si. The van der Waals surface area contributed by atoms with E-state index in [0.717, 1.165) is 11.3 Å². The fraction of sp³-hybridized carbons (Fsp3) is 0.500. The van der Waals surface area contributed by atoms with E-state index in [9.17, 15) is 4.79 Å². The molecule has 30 heavy (non-hydrogen) atoms. The number of ether oxygens (including phenoxy) is 1. The van der Waals surface area contributed by atoms with Gasteiger partial charge in [0.2, 0.25) is 11.8 Å². The lowest BCUT2D eigenvalue weighted by atomic mass is 10.2. The van der Waals surface area contributed by atoms with Gasteiger partial charge >= 0.3 is 0 Å². The Morgan fingerprint density at radius 2 is 1.80 bits per heavy atom. The van der Waals surface area contributed by atoms with Gasteiger partial charge in [-0.05, 0) is 49.7 Å². The smallest absolute Gasteiger partial charge is 0.225 e. The first-order chi connectivity index (χ1) is 14.0. The number of likely N-dealkylation sites (tertiary alicyclic amines) is 1. The highest BCUT2D eigenvalue weighted by atomic mass is 28.4. The summed E-state index contributed by atoms with van der Waals surface area (Å²) in [5, 5.41) is 0.125. The van der Waals surface area contributed by atoms with Crippen LogP contribution in [0.3, 0.4) is 0 Å². The van der Waals surface area contributed by atoms with E-state index in [1.54, 1.807) is 6.20 Å². The molecule has 1 aliphatic heterocycles. The van der Waals surface area contributed by atoms with Crippen molar-refractivity contribution in [1.82, 2.24) is 9.88 Å². The average Bonchev–Trinajstić information content (AvgIpc) is 2.91. The average molecular weight is 427 g/mol. The van der Waals surface area contributed by atoms with Crippen LogP contribution in [0, 0.1) is 6.92 Å². The van der Waals surface area contributed by atoms with Crippen molar-refractivity contribution in [3.8, 4) is 11.6 Å². The first-order valence-corrected chi connectivity index (χ1v) is 13.5. The molecule has 0 spiro atoms. The summed E-state index contributed by atoms with van der Waals surface area (Å²) in [6.07, 6.45) is 2.19. The Hall–Kier alpha value is -2.18. The van der Waals surface area contributed by atoms with Crippen molar-refractivity contribution in [2.45, 2.75) is 77.9 Å². The second kappa shape index (κ2) is 8.51. The number of aromatic nitrogens is 1. The second-order valence-corrected chi connectivity index (χ2v) is 14.6. The van der Waals surface area contributed by atoms with E-state index in [-0.39, 0.29) is 23.1 Å². The number of aryl methyl sites for hydroxylation is 1. The van der Waals surface area contributed by atoms with Crippen LogP contribution in [0.2, 0.25) is 18.1 Å². The monoisotopic (exact) mass is 426 g/mol. The van der Waals surface area contributed by atoms with Crippen LogP contribution >= 0.6 is 0 Å². The van der Waals surface area contributed by atoms with E-state index >= 15 is 0 Å². The summed E-state index contributed by atoms with van der Waals surface area (Å²) < 4.78 is 12.3. The van der Waals surface area contributed by atoms with E-state index in [2.05, 4.69) is 45.8 Å². The molecule has 0 saturated carbocycles. The largest absolute Gasteiger partial charge is 0.439 e. The fourth-order valence-electron chi connectivity index (χ4n) is 3.30. The van der Waals surface area contributed by atoms with E-state index in [4.69, 9.17) is 9.16 Å². The molecule has 1 aliphatic rings. The van der Waals surface area contributed by atoms with Crippen LogP contribution in [0.5, 0.6) is 11.6 Å². The standard InChI is InChI=1S/C24H34N2O3Si/c1-17-8-11-20(12-9-17)28-22-13-10-19(15-25-22)16-26-18(2)21(14-23(26)27)29-30(6,7)24(3,4)5/h8-13,15,18,21H,14,16H2,1-7H3/t18-,21-/m0/s1. The number of carbonyl (C=O) groups is 1. The normalized spacial score (nSPS) is 20.0. The lowest BCUT2D eigenvalue weighted by Gasteiger charge is -2.39. The minimum Gasteiger partial charge on any atom is -0.439 e. The molecule has 1 aromatic carbocycles. The quantitative estimate of drug-likeness (QED) is 0.557. The van der Waals surface area contributed by atoms with Crippen molar-refractivity contribution in [3.05, 3.63) is 53.7 Å². The molecule has 5 nitrogen and oxygen atoms in total. The zero-order valence-electron chi connectivity index (χ0n) is 19.2. The van der Waals surface area contributed by atoms with Gasteiger partial charge in [0.25, 0.3) is 0 Å². The number of pyridine rings is 1. The first-order valence-electron chi connectivity index (χ1n) is 10.6. The van der Waals surface area contributed by atoms with Crippen LogP contribution < -0.4 is 4.74 Å². The number of benzene rings is 1. The summed E-state index contributed by atoms with van der Waals surface area (Å²) in [6, 6.07) is 11.7. The van der Waals surface area contributed by atoms with E-state index < -0.39 is 8.32 Å². The maximum atomic E-state index is 12.7. The van der Waals surface area contributed by atoms with Crippen molar-refractivity contribution in [3.63, 3.8) is 0 Å². The lowest BCUT2D eigenvalue weighted by Crippen LogP contribution is -2.46. The molecule has 1 aromatic heterocycles. The highest BCUT2D eigenvalue weighted by molar-refractivity contribution is 6.74. The molecule has 2 aromatic rings. The molecule has 3 rings (SSSR count). The Labute approximate surface area is 181 Å². The molecule has 1 amide bonds. The van der Waals surface area contributed by atoms with Crippen LogP contribution in [0.4, 0.5) is 0 Å². The van der Waals surface area contributed by atoms with Gasteiger partial charge in [-0.2, -0.15) is 0 Å². The molecular weight excluding hydrogens is 392 g/mol. The van der Waals surface area contributed by atoms with Crippen molar-refractivity contribution >= 4 is 14.2 Å². The van der Waals surface area contributed by atoms with Crippen molar-refractivity contribution in [2.24, 2.45) is 0 Å². The third kappa shape index (κ3) is 5.10. The van der Waals surface area contributed by atoms with Crippen LogP contribution in [0.1, 0.15) is 45.2 Å². The van der Waals surface area contributed by atoms with Crippen LogP contribution in [-0.4, -0.2) is 36.3 Å². The van der Waals surface area contributed by atoms with Crippen molar-refractivity contribution < 1.29 is 14.0 Å². The van der Waals surface area contributed by atoms with Gasteiger partial charge in [0.1, 0.15) is 5.75 Å². The highest BCUT2D eigenvalue weighted by Crippen LogP contribution is 2.39. The van der Waals surface area contributed by atoms with E-state index in [0.29, 0.717) is 18.8 Å². The van der Waals surface area contributed by atoms with Crippen molar-refractivity contribution in [1.29, 1.82) is 0 Å². The third-order valence-corrected chi connectivity index (χ3v) is 10.9. The molecule has 0 radical (unpaired) electrons. The van der Waals surface area contributed by atoms with Gasteiger partial charge in [0, 0.05) is 18.8 Å². The number of nitrogens with zero attached hydrogens (tertiary/aromatic N) is 2. The summed E-state index contributed by atoms with van der Waals surface area (Å²) in [7, 11) is -1.92. The van der Waals surface area contributed by atoms with E-state index in [1.165, 1.54) is 5.56 Å². The number of rotatable bonds is 6. The summed E-state index contributed by atoms with van der Waals surface area (Å²) in [4.78, 5) is 19.0. The number of hydrogen-bond donors (Lipinski definition) is 0. The number of hydrogen-bond acceptors (Lipinski definition) is 4. The molecule has 0 N–H and O–H groups in total. The second-order valence-electron chi connectivity index (χ2n) is 9.80. The Morgan fingerprint density at radius 3 is 2.37 bits per heavy atom.